The number of rotatable bonds is 6. The number of likely N-dealkylation sites (N-methyl/N-ethyl adjacent to an activating group) is 1. The van der Waals surface area contributed by atoms with Gasteiger partial charge in [-0.25, -0.2) is 9.78 Å². The molecule has 1 amide bonds. The summed E-state index contributed by atoms with van der Waals surface area (Å²) in [5.41, 5.74) is 0.309. The number of imidazole rings is 1. The van der Waals surface area contributed by atoms with E-state index in [1.807, 2.05) is 13.8 Å². The van der Waals surface area contributed by atoms with Crippen molar-refractivity contribution < 1.29 is 19.4 Å². The van der Waals surface area contributed by atoms with Gasteiger partial charge >= 0.3 is 5.97 Å². The Bertz CT molecular complexity index is 661. The summed E-state index contributed by atoms with van der Waals surface area (Å²) >= 11 is 0. The molecule has 0 aliphatic heterocycles. The van der Waals surface area contributed by atoms with Gasteiger partial charge in [-0.2, -0.15) is 0 Å². The van der Waals surface area contributed by atoms with Gasteiger partial charge < -0.3 is 19.1 Å². The number of carbonyl (C=O) groups excluding carboxylic acids is 1. The van der Waals surface area contributed by atoms with Crippen molar-refractivity contribution in [2.45, 2.75) is 13.8 Å². The normalized spacial score (nSPS) is 10.6. The maximum Gasteiger partial charge on any atom is 0.356 e. The van der Waals surface area contributed by atoms with Crippen molar-refractivity contribution in [2.24, 2.45) is 0 Å². The lowest BCUT2D eigenvalue weighted by molar-refractivity contribution is -0.132. The molecule has 0 radical (unpaired) electrons. The van der Waals surface area contributed by atoms with Gasteiger partial charge in [-0.3, -0.25) is 4.79 Å². The third-order valence-electron chi connectivity index (χ3n) is 3.13. The Balaban J connectivity index is 2.19. The highest BCUT2D eigenvalue weighted by atomic mass is 16.5. The highest BCUT2D eigenvalue weighted by Crippen LogP contribution is 2.19. The van der Waals surface area contributed by atoms with E-state index in [0.29, 0.717) is 24.5 Å². The predicted molar refractivity (Wildman–Crippen MR) is 75.6 cm³/mol. The van der Waals surface area contributed by atoms with Crippen LogP contribution in [0.15, 0.2) is 24.5 Å². The Hall–Kier alpha value is -2.57. The van der Waals surface area contributed by atoms with Crippen LogP contribution >= 0.6 is 0 Å². The fourth-order valence-corrected chi connectivity index (χ4v) is 2.01. The summed E-state index contributed by atoms with van der Waals surface area (Å²) in [6.07, 6.45) is 3.07. The van der Waals surface area contributed by atoms with Crippen molar-refractivity contribution in [3.63, 3.8) is 0 Å². The van der Waals surface area contributed by atoms with E-state index in [4.69, 9.17) is 9.84 Å². The number of carboxylic acid groups (broad SMARTS) is 1. The van der Waals surface area contributed by atoms with Crippen molar-refractivity contribution in [3.05, 3.63) is 30.2 Å². The number of carboxylic acids is 1. The largest absolute Gasteiger partial charge is 0.480 e. The van der Waals surface area contributed by atoms with Crippen LogP contribution in [0.4, 0.5) is 0 Å². The molecule has 0 unspecified atom stereocenters. The van der Waals surface area contributed by atoms with E-state index < -0.39 is 5.97 Å². The lowest BCUT2D eigenvalue weighted by Crippen LogP contribution is -2.34. The lowest BCUT2D eigenvalue weighted by atomic mass is 10.4. The smallest absolute Gasteiger partial charge is 0.356 e. The predicted octanol–water partition coefficient (Wildman–Crippen LogP) is 1.28. The van der Waals surface area contributed by atoms with Gasteiger partial charge in [-0.05, 0) is 26.0 Å². The molecule has 0 fully saturated rings. The van der Waals surface area contributed by atoms with Crippen molar-refractivity contribution >= 4 is 17.5 Å². The summed E-state index contributed by atoms with van der Waals surface area (Å²) in [7, 11) is 0. The molecular weight excluding hydrogens is 274 g/mol. The Morgan fingerprint density at radius 3 is 2.71 bits per heavy atom. The molecule has 0 atom stereocenters. The fourth-order valence-electron chi connectivity index (χ4n) is 2.01. The number of ether oxygens (including phenoxy) is 1. The molecule has 0 aromatic carbocycles. The number of carbonyl (C=O) groups is 2. The molecule has 7 nitrogen and oxygen atoms in total. The van der Waals surface area contributed by atoms with Gasteiger partial charge in [0.15, 0.2) is 23.7 Å². The minimum absolute atomic E-state index is 0.0684. The number of amides is 1. The molecule has 7 heteroatoms. The second kappa shape index (κ2) is 6.25. The van der Waals surface area contributed by atoms with Crippen LogP contribution in [0.3, 0.4) is 0 Å². The quantitative estimate of drug-likeness (QED) is 0.866. The van der Waals surface area contributed by atoms with Gasteiger partial charge in [-0.1, -0.05) is 0 Å². The molecule has 0 spiro atoms. The first kappa shape index (κ1) is 14.8. The molecule has 0 saturated heterocycles. The summed E-state index contributed by atoms with van der Waals surface area (Å²) in [6, 6.07) is 3.36. The van der Waals surface area contributed by atoms with Gasteiger partial charge in [0.25, 0.3) is 5.91 Å². The van der Waals surface area contributed by atoms with Crippen LogP contribution in [0.5, 0.6) is 5.75 Å². The molecule has 0 aliphatic rings. The zero-order valence-corrected chi connectivity index (χ0v) is 11.9. The summed E-state index contributed by atoms with van der Waals surface area (Å²) in [6.45, 7) is 4.94. The van der Waals surface area contributed by atoms with E-state index >= 15 is 0 Å². The SMILES string of the molecule is CCN(CC)C(=O)COc1cccn2cc(C(=O)O)nc12. The van der Waals surface area contributed by atoms with E-state index in [1.165, 1.54) is 6.20 Å². The molecule has 112 valence electrons. The molecule has 21 heavy (non-hydrogen) atoms. The molecule has 2 aromatic heterocycles. The minimum Gasteiger partial charge on any atom is -0.480 e. The molecule has 2 aromatic rings. The molecule has 1 N–H and O–H groups in total. The van der Waals surface area contributed by atoms with Crippen molar-refractivity contribution in [1.82, 2.24) is 14.3 Å². The first-order valence-electron chi connectivity index (χ1n) is 6.68. The summed E-state index contributed by atoms with van der Waals surface area (Å²) in [4.78, 5) is 28.5. The number of aromatic carboxylic acids is 1. The minimum atomic E-state index is -1.11. The number of nitrogens with zero attached hydrogens (tertiary/aromatic N) is 3. The maximum atomic E-state index is 11.9. The molecule has 2 heterocycles. The number of hydrogen-bond acceptors (Lipinski definition) is 4. The van der Waals surface area contributed by atoms with E-state index in [9.17, 15) is 9.59 Å². The lowest BCUT2D eigenvalue weighted by Gasteiger charge is -2.18. The van der Waals surface area contributed by atoms with Crippen molar-refractivity contribution in [3.8, 4) is 5.75 Å². The Labute approximate surface area is 121 Å². The van der Waals surface area contributed by atoms with Gasteiger partial charge in [-0.15, -0.1) is 0 Å². The number of pyridine rings is 1. The third kappa shape index (κ3) is 3.13. The van der Waals surface area contributed by atoms with E-state index in [2.05, 4.69) is 4.98 Å². The van der Waals surface area contributed by atoms with Gasteiger partial charge in [0, 0.05) is 25.5 Å². The van der Waals surface area contributed by atoms with Crippen LogP contribution in [0.25, 0.3) is 5.65 Å². The van der Waals surface area contributed by atoms with E-state index in [1.54, 1.807) is 27.6 Å². The van der Waals surface area contributed by atoms with E-state index in [-0.39, 0.29) is 18.2 Å². The molecule has 2 rings (SSSR count). The van der Waals surface area contributed by atoms with Gasteiger partial charge in [0.05, 0.1) is 0 Å². The van der Waals surface area contributed by atoms with Crippen molar-refractivity contribution in [2.75, 3.05) is 19.7 Å². The van der Waals surface area contributed by atoms with Crippen LogP contribution in [0.1, 0.15) is 24.3 Å². The Morgan fingerprint density at radius 1 is 1.38 bits per heavy atom. The molecule has 0 bridgehead atoms. The van der Waals surface area contributed by atoms with Crippen molar-refractivity contribution in [1.29, 1.82) is 0 Å². The first-order valence-corrected chi connectivity index (χ1v) is 6.68. The second-order valence-corrected chi connectivity index (χ2v) is 4.39. The topological polar surface area (TPSA) is 84.1 Å². The molecule has 0 saturated carbocycles. The second-order valence-electron chi connectivity index (χ2n) is 4.39. The zero-order valence-electron chi connectivity index (χ0n) is 11.9. The number of fused-ring (bicyclic) bond motifs is 1. The average molecular weight is 291 g/mol. The summed E-state index contributed by atoms with van der Waals surface area (Å²) in [5, 5.41) is 8.95. The standard InChI is InChI=1S/C14H17N3O4/c1-3-16(4-2)12(18)9-21-11-6-5-7-17-8-10(14(19)20)15-13(11)17/h5-8H,3-4,9H2,1-2H3,(H,19,20). The van der Waals surface area contributed by atoms with Gasteiger partial charge in [0.2, 0.25) is 0 Å². The Morgan fingerprint density at radius 2 is 2.10 bits per heavy atom. The fraction of sp³-hybridized carbons (Fsp3) is 0.357. The first-order chi connectivity index (χ1) is 10.1. The van der Waals surface area contributed by atoms with Crippen LogP contribution in [0.2, 0.25) is 0 Å². The highest BCUT2D eigenvalue weighted by Gasteiger charge is 2.14. The van der Waals surface area contributed by atoms with Crippen LogP contribution in [-0.4, -0.2) is 51.0 Å². The summed E-state index contributed by atoms with van der Waals surface area (Å²) < 4.78 is 7.05. The molecule has 0 aliphatic carbocycles. The van der Waals surface area contributed by atoms with Gasteiger partial charge in [0.1, 0.15) is 0 Å². The number of hydrogen-bond donors (Lipinski definition) is 1. The monoisotopic (exact) mass is 291 g/mol. The van der Waals surface area contributed by atoms with Crippen LogP contribution in [0, 0.1) is 0 Å². The van der Waals surface area contributed by atoms with Crippen LogP contribution in [-0.2, 0) is 4.79 Å². The third-order valence-corrected chi connectivity index (χ3v) is 3.13. The Kier molecular flexibility index (Phi) is 4.42. The summed E-state index contributed by atoms with van der Waals surface area (Å²) in [5.74, 6) is -0.846. The average Bonchev–Trinajstić information content (AvgIpc) is 2.91. The van der Waals surface area contributed by atoms with Crippen LogP contribution < -0.4 is 4.74 Å². The maximum absolute atomic E-state index is 11.9. The number of aromatic nitrogens is 2. The zero-order chi connectivity index (χ0) is 15.4. The highest BCUT2D eigenvalue weighted by molar-refractivity contribution is 5.86. The molecular formula is C14H17N3O4. The van der Waals surface area contributed by atoms with E-state index in [0.717, 1.165) is 0 Å².